The Bertz CT molecular complexity index is 2550. The average Bonchev–Trinajstić information content (AvgIpc) is 4.00. The van der Waals surface area contributed by atoms with E-state index < -0.39 is 44.2 Å². The van der Waals surface area contributed by atoms with Crippen molar-refractivity contribution in [3.8, 4) is 22.2 Å². The highest BCUT2D eigenvalue weighted by Gasteiger charge is 2.62. The highest BCUT2D eigenvalue weighted by atomic mass is 32.2. The molecule has 5 atom stereocenters. The van der Waals surface area contributed by atoms with Crippen molar-refractivity contribution >= 4 is 49.9 Å². The predicted octanol–water partition coefficient (Wildman–Crippen LogP) is 8.94. The molecule has 1 saturated heterocycles. The second-order valence-electron chi connectivity index (χ2n) is 18.6. The molecule has 2 saturated carbocycles. The van der Waals surface area contributed by atoms with Gasteiger partial charge in [0.2, 0.25) is 21.8 Å². The van der Waals surface area contributed by atoms with Crippen LogP contribution in [0.15, 0.2) is 53.9 Å². The van der Waals surface area contributed by atoms with Crippen LogP contribution in [0.3, 0.4) is 0 Å². The number of hydrogen-bond acceptors (Lipinski definition) is 10. The normalized spacial score (nSPS) is 25.7. The number of amides is 2. The SMILES string of the molecule is COc1ccc2c(O[C@@H]3C[C@H]4C(=O)C[C@]5(C(=O)NS(=O)(=O)C6(C)CC6)C[C@@H]5/C=C\CCCCC[C@H](Cc5ccc(F)c(C)c5)C(=O)N4C3)cc(-c3nc(C(C)C)cs3)nc2c1C. The van der Waals surface area contributed by atoms with E-state index in [4.69, 9.17) is 19.4 Å². The smallest absolute Gasteiger partial charge is 0.240 e. The van der Waals surface area contributed by atoms with Crippen molar-refractivity contribution in [3.63, 3.8) is 0 Å². The van der Waals surface area contributed by atoms with Gasteiger partial charge in [-0.05, 0) is 107 Å². The number of nitrogens with zero attached hydrogens (tertiary/aromatic N) is 3. The van der Waals surface area contributed by atoms with Crippen LogP contribution in [0.1, 0.15) is 113 Å². The minimum absolute atomic E-state index is 0.118. The van der Waals surface area contributed by atoms with Gasteiger partial charge in [-0.2, -0.15) is 0 Å². The lowest BCUT2D eigenvalue weighted by molar-refractivity contribution is -0.142. The summed E-state index contributed by atoms with van der Waals surface area (Å²) in [6.45, 7) is 9.58. The molecule has 14 heteroatoms. The summed E-state index contributed by atoms with van der Waals surface area (Å²) in [5.74, 6) is -0.835. The molecule has 330 valence electrons. The van der Waals surface area contributed by atoms with Crippen LogP contribution in [0.25, 0.3) is 21.6 Å². The first kappa shape index (κ1) is 43.9. The van der Waals surface area contributed by atoms with Gasteiger partial charge in [0.15, 0.2) is 5.78 Å². The van der Waals surface area contributed by atoms with E-state index >= 15 is 4.79 Å². The molecule has 2 amide bonds. The Kier molecular flexibility index (Phi) is 12.1. The van der Waals surface area contributed by atoms with Crippen molar-refractivity contribution in [1.29, 1.82) is 0 Å². The third-order valence-corrected chi connectivity index (χ3v) is 16.7. The molecule has 2 aliphatic heterocycles. The van der Waals surface area contributed by atoms with Crippen LogP contribution in [0, 0.1) is 36.9 Å². The Hall–Kier alpha value is -4.69. The Balaban J connectivity index is 1.16. The maximum absolute atomic E-state index is 15.0. The standard InChI is InChI=1S/C48H57FN4O7S2/c1-28(2)38-27-61-44(51-38)37-23-42(35-15-17-41(59-6)30(4)43(35)50-37)60-34-22-39-40(54)25-48(46(56)52-62(57,58)47(5)18-19-47)24-33(48)13-11-9-7-8-10-12-32(45(55)53(39)26-34)21-31-14-16-36(49)29(3)20-31/h11,13-17,20,23,27-28,32-34,39H,7-10,12,18-19,21-22,24-26H2,1-6H3,(H,52,56)/b13-11-/t32-,33+,34-,39+,48-/m1/s1. The third-order valence-electron chi connectivity index (χ3n) is 13.7. The largest absolute Gasteiger partial charge is 0.496 e. The lowest BCUT2D eigenvalue weighted by Gasteiger charge is -2.29. The molecule has 0 radical (unpaired) electrons. The third kappa shape index (κ3) is 8.65. The van der Waals surface area contributed by atoms with Crippen molar-refractivity contribution < 1.29 is 36.7 Å². The number of thiazole rings is 1. The fourth-order valence-corrected chi connectivity index (χ4v) is 11.5. The Labute approximate surface area is 367 Å². The molecule has 0 bridgehead atoms. The zero-order valence-corrected chi connectivity index (χ0v) is 38.1. The van der Waals surface area contributed by atoms with Gasteiger partial charge in [-0.1, -0.05) is 51.0 Å². The molecule has 0 spiro atoms. The van der Waals surface area contributed by atoms with Crippen LogP contribution < -0.4 is 14.2 Å². The molecule has 3 fully saturated rings. The first-order chi connectivity index (χ1) is 29.5. The number of methoxy groups -OCH3 is 1. The number of aromatic nitrogens is 2. The lowest BCUT2D eigenvalue weighted by atomic mass is 9.89. The van der Waals surface area contributed by atoms with Crippen molar-refractivity contribution in [1.82, 2.24) is 19.6 Å². The molecule has 62 heavy (non-hydrogen) atoms. The molecule has 4 aromatic rings. The predicted molar refractivity (Wildman–Crippen MR) is 238 cm³/mol. The van der Waals surface area contributed by atoms with Crippen molar-refractivity contribution in [2.24, 2.45) is 17.3 Å². The number of fused-ring (bicyclic) bond motifs is 3. The van der Waals surface area contributed by atoms with Gasteiger partial charge in [0.05, 0.1) is 41.1 Å². The number of allylic oxidation sites excluding steroid dienone is 2. The maximum Gasteiger partial charge on any atom is 0.240 e. The number of hydrogen-bond donors (Lipinski definition) is 1. The van der Waals surface area contributed by atoms with Gasteiger partial charge in [-0.3, -0.25) is 19.1 Å². The fraction of sp³-hybridized carbons (Fsp3) is 0.521. The average molecular weight is 885 g/mol. The van der Waals surface area contributed by atoms with E-state index in [1.165, 1.54) is 17.4 Å². The number of carbonyl (C=O) groups is 3. The Morgan fingerprint density at radius 2 is 1.85 bits per heavy atom. The zero-order chi connectivity index (χ0) is 44.1. The molecular formula is C48H57FN4O7S2. The number of carbonyl (C=O) groups excluding carboxylic acids is 3. The molecule has 1 N–H and O–H groups in total. The van der Waals surface area contributed by atoms with Gasteiger partial charge < -0.3 is 14.4 Å². The van der Waals surface area contributed by atoms with Crippen LogP contribution in [-0.2, 0) is 30.8 Å². The van der Waals surface area contributed by atoms with Gasteiger partial charge in [0.1, 0.15) is 34.1 Å². The van der Waals surface area contributed by atoms with E-state index in [1.807, 2.05) is 42.7 Å². The second-order valence-corrected chi connectivity index (χ2v) is 21.6. The molecule has 11 nitrogen and oxygen atoms in total. The molecule has 2 aromatic heterocycles. The molecule has 4 aliphatic rings. The van der Waals surface area contributed by atoms with Crippen LogP contribution in [0.2, 0.25) is 0 Å². The highest BCUT2D eigenvalue weighted by molar-refractivity contribution is 7.91. The summed E-state index contributed by atoms with van der Waals surface area (Å²) in [5.41, 5.74) is 3.18. The minimum Gasteiger partial charge on any atom is -0.496 e. The van der Waals surface area contributed by atoms with Crippen LogP contribution in [-0.4, -0.2) is 71.4 Å². The number of halogens is 1. The maximum atomic E-state index is 15.0. The summed E-state index contributed by atoms with van der Waals surface area (Å²) in [6.07, 6.45) is 8.87. The molecule has 8 rings (SSSR count). The second kappa shape index (κ2) is 17.1. The number of nitrogens with one attached hydrogen (secondary N) is 1. The van der Waals surface area contributed by atoms with E-state index in [0.717, 1.165) is 52.9 Å². The minimum atomic E-state index is -3.95. The highest BCUT2D eigenvalue weighted by Crippen LogP contribution is 2.58. The van der Waals surface area contributed by atoms with Gasteiger partial charge in [-0.25, -0.2) is 22.8 Å². The van der Waals surface area contributed by atoms with E-state index in [1.54, 1.807) is 38.0 Å². The summed E-state index contributed by atoms with van der Waals surface area (Å²) >= 11 is 1.50. The molecular weight excluding hydrogens is 828 g/mol. The van der Waals surface area contributed by atoms with Gasteiger partial charge in [0, 0.05) is 41.2 Å². The van der Waals surface area contributed by atoms with Crippen LogP contribution in [0.5, 0.6) is 11.5 Å². The lowest BCUT2D eigenvalue weighted by Crippen LogP contribution is -2.47. The number of aryl methyl sites for hydroxylation is 2. The summed E-state index contributed by atoms with van der Waals surface area (Å²) in [4.78, 5) is 55.6. The number of Topliss-reactive ketones (excluding diaryl/α,β-unsaturated/α-hetero) is 1. The molecule has 4 heterocycles. The monoisotopic (exact) mass is 884 g/mol. The quantitative estimate of drug-likeness (QED) is 0.154. The van der Waals surface area contributed by atoms with E-state index in [9.17, 15) is 22.4 Å². The van der Waals surface area contributed by atoms with Gasteiger partial charge in [0.25, 0.3) is 0 Å². The van der Waals surface area contributed by atoms with E-state index in [-0.39, 0.29) is 48.7 Å². The summed E-state index contributed by atoms with van der Waals surface area (Å²) in [5, 5.41) is 3.51. The zero-order valence-electron chi connectivity index (χ0n) is 36.5. The van der Waals surface area contributed by atoms with Crippen LogP contribution >= 0.6 is 11.3 Å². The summed E-state index contributed by atoms with van der Waals surface area (Å²) in [7, 11) is -2.34. The Morgan fingerprint density at radius 1 is 1.06 bits per heavy atom. The first-order valence-corrected chi connectivity index (χ1v) is 24.3. The fourth-order valence-electron chi connectivity index (χ4n) is 9.19. The molecule has 0 unspecified atom stereocenters. The number of pyridine rings is 1. The number of rotatable bonds is 10. The molecule has 2 aliphatic carbocycles. The summed E-state index contributed by atoms with van der Waals surface area (Å²) in [6, 6.07) is 9.65. The number of benzene rings is 2. The topological polar surface area (TPSA) is 145 Å². The van der Waals surface area contributed by atoms with Gasteiger partial charge >= 0.3 is 0 Å². The first-order valence-electron chi connectivity index (χ1n) is 21.9. The number of sulfonamides is 1. The summed E-state index contributed by atoms with van der Waals surface area (Å²) < 4.78 is 55.0. The Morgan fingerprint density at radius 3 is 2.56 bits per heavy atom. The van der Waals surface area contributed by atoms with Crippen molar-refractivity contribution in [2.75, 3.05) is 13.7 Å². The van der Waals surface area contributed by atoms with Crippen molar-refractivity contribution in [2.45, 2.75) is 128 Å². The van der Waals surface area contributed by atoms with Crippen molar-refractivity contribution in [3.05, 3.63) is 82.1 Å². The number of ketones is 1. The molecule has 2 aromatic carbocycles. The van der Waals surface area contributed by atoms with Crippen LogP contribution in [0.4, 0.5) is 4.39 Å². The van der Waals surface area contributed by atoms with E-state index in [2.05, 4.69) is 18.6 Å². The van der Waals surface area contributed by atoms with Gasteiger partial charge in [-0.15, -0.1) is 11.3 Å². The van der Waals surface area contributed by atoms with E-state index in [0.29, 0.717) is 60.4 Å². The number of ether oxygens (including phenoxy) is 2.